The first-order valence-electron chi connectivity index (χ1n) is 8.07. The van der Waals surface area contributed by atoms with Crippen LogP contribution in [0.3, 0.4) is 0 Å². The lowest BCUT2D eigenvalue weighted by molar-refractivity contribution is 0.112. The molecule has 0 radical (unpaired) electrons. The summed E-state index contributed by atoms with van der Waals surface area (Å²) in [5.74, 6) is 0.0569. The second-order valence-corrected chi connectivity index (χ2v) is 6.23. The zero-order valence-electron chi connectivity index (χ0n) is 13.9. The van der Waals surface area contributed by atoms with Crippen LogP contribution in [0, 0.1) is 5.82 Å². The van der Waals surface area contributed by atoms with E-state index in [1.165, 1.54) is 18.5 Å². The highest BCUT2D eigenvalue weighted by Crippen LogP contribution is 2.25. The van der Waals surface area contributed by atoms with E-state index in [1.54, 1.807) is 16.9 Å². The van der Waals surface area contributed by atoms with E-state index >= 15 is 0 Å². The van der Waals surface area contributed by atoms with Gasteiger partial charge >= 0.3 is 0 Å². The van der Waals surface area contributed by atoms with Gasteiger partial charge in [0.1, 0.15) is 23.1 Å². The van der Waals surface area contributed by atoms with E-state index in [0.717, 1.165) is 22.2 Å². The van der Waals surface area contributed by atoms with Crippen molar-refractivity contribution in [3.8, 4) is 0 Å². The molecule has 134 valence electrons. The average molecular weight is 382 g/mol. The van der Waals surface area contributed by atoms with Crippen molar-refractivity contribution in [2.75, 3.05) is 5.32 Å². The third kappa shape index (κ3) is 3.50. The third-order valence-electron chi connectivity index (χ3n) is 4.08. The van der Waals surface area contributed by atoms with Crippen molar-refractivity contribution >= 4 is 40.3 Å². The lowest BCUT2D eigenvalue weighted by atomic mass is 10.2. The molecule has 0 unspecified atom stereocenters. The molecule has 0 aliphatic carbocycles. The van der Waals surface area contributed by atoms with Gasteiger partial charge < -0.3 is 5.32 Å². The van der Waals surface area contributed by atoms with Gasteiger partial charge in [-0.1, -0.05) is 23.7 Å². The van der Waals surface area contributed by atoms with E-state index in [1.807, 2.05) is 24.3 Å². The van der Waals surface area contributed by atoms with E-state index < -0.39 is 0 Å². The first-order chi connectivity index (χ1) is 13.1. The Labute approximate surface area is 158 Å². The highest BCUT2D eigenvalue weighted by atomic mass is 35.5. The Hall–Kier alpha value is -3.32. The van der Waals surface area contributed by atoms with Crippen LogP contribution >= 0.6 is 11.6 Å². The number of nitrogens with one attached hydrogen (secondary N) is 1. The summed E-state index contributed by atoms with van der Waals surface area (Å²) in [7, 11) is 0. The zero-order chi connectivity index (χ0) is 18.8. The number of aldehydes is 1. The number of benzene rings is 2. The fraction of sp³-hybridized carbons (Fsp3) is 0.0526. The number of carbonyl (C=O) groups excluding carboxylic acids is 1. The second kappa shape index (κ2) is 7.13. The Morgan fingerprint density at radius 2 is 2.07 bits per heavy atom. The summed E-state index contributed by atoms with van der Waals surface area (Å²) in [6, 6.07) is 12.1. The van der Waals surface area contributed by atoms with Gasteiger partial charge in [0.25, 0.3) is 0 Å². The molecule has 4 rings (SSSR count). The molecule has 0 saturated heterocycles. The molecule has 27 heavy (non-hydrogen) atoms. The topological polar surface area (TPSA) is 72.7 Å². The molecule has 0 aliphatic rings. The number of carbonyl (C=O) groups is 1. The number of hydrogen-bond acceptors (Lipinski definition) is 5. The minimum Gasteiger partial charge on any atom is -0.339 e. The zero-order valence-corrected chi connectivity index (χ0v) is 14.7. The van der Waals surface area contributed by atoms with Crippen LogP contribution in [0.5, 0.6) is 0 Å². The quantitative estimate of drug-likeness (QED) is 0.414. The molecule has 8 heteroatoms. The molecule has 0 aliphatic heterocycles. The maximum absolute atomic E-state index is 13.4. The molecule has 0 saturated carbocycles. The van der Waals surface area contributed by atoms with Gasteiger partial charge in [-0.25, -0.2) is 14.4 Å². The average Bonchev–Trinajstić information content (AvgIpc) is 3.04. The summed E-state index contributed by atoms with van der Waals surface area (Å²) >= 11 is 5.92. The summed E-state index contributed by atoms with van der Waals surface area (Å²) in [6.07, 6.45) is 3.63. The molecule has 4 aromatic rings. The Morgan fingerprint density at radius 3 is 2.89 bits per heavy atom. The Balaban J connectivity index is 1.63. The normalized spacial score (nSPS) is 10.9. The summed E-state index contributed by atoms with van der Waals surface area (Å²) in [4.78, 5) is 19.1. The third-order valence-corrected chi connectivity index (χ3v) is 4.38. The van der Waals surface area contributed by atoms with Crippen molar-refractivity contribution in [1.29, 1.82) is 0 Å². The van der Waals surface area contributed by atoms with Crippen molar-refractivity contribution in [3.05, 3.63) is 77.1 Å². The SMILES string of the molecule is O=Cc1c(Cl)ncnc1Nc1ccc2c(cnn2Cc2cccc(F)c2)c1. The summed E-state index contributed by atoms with van der Waals surface area (Å²) < 4.78 is 15.2. The fourth-order valence-corrected chi connectivity index (χ4v) is 2.99. The van der Waals surface area contributed by atoms with E-state index in [2.05, 4.69) is 20.4 Å². The molecule has 1 N–H and O–H groups in total. The number of anilines is 2. The highest BCUT2D eigenvalue weighted by molar-refractivity contribution is 6.32. The molecule has 0 spiro atoms. The smallest absolute Gasteiger partial charge is 0.156 e. The molecule has 2 aromatic heterocycles. The predicted molar refractivity (Wildman–Crippen MR) is 101 cm³/mol. The molecular formula is C19H13ClFN5O. The highest BCUT2D eigenvalue weighted by Gasteiger charge is 2.10. The lowest BCUT2D eigenvalue weighted by Crippen LogP contribution is -2.02. The molecular weight excluding hydrogens is 369 g/mol. The first-order valence-corrected chi connectivity index (χ1v) is 8.44. The van der Waals surface area contributed by atoms with Crippen LogP contribution in [0.15, 0.2) is 55.0 Å². The monoisotopic (exact) mass is 381 g/mol. The molecule has 2 aromatic carbocycles. The van der Waals surface area contributed by atoms with Crippen molar-refractivity contribution in [2.24, 2.45) is 0 Å². The van der Waals surface area contributed by atoms with Gasteiger partial charge in [0.2, 0.25) is 0 Å². The fourth-order valence-electron chi connectivity index (χ4n) is 2.81. The number of hydrogen-bond donors (Lipinski definition) is 1. The maximum atomic E-state index is 13.4. The van der Waals surface area contributed by atoms with Crippen LogP contribution < -0.4 is 5.32 Å². The van der Waals surface area contributed by atoms with Gasteiger partial charge in [0, 0.05) is 11.1 Å². The Morgan fingerprint density at radius 1 is 1.19 bits per heavy atom. The van der Waals surface area contributed by atoms with Gasteiger partial charge in [-0.2, -0.15) is 5.10 Å². The van der Waals surface area contributed by atoms with Crippen LogP contribution in [0.1, 0.15) is 15.9 Å². The second-order valence-electron chi connectivity index (χ2n) is 5.88. The summed E-state index contributed by atoms with van der Waals surface area (Å²) in [6.45, 7) is 0.463. The van der Waals surface area contributed by atoms with E-state index in [0.29, 0.717) is 18.6 Å². The molecule has 0 atom stereocenters. The minimum atomic E-state index is -0.273. The largest absolute Gasteiger partial charge is 0.339 e. The van der Waals surface area contributed by atoms with Gasteiger partial charge in [-0.05, 0) is 35.9 Å². The van der Waals surface area contributed by atoms with Crippen molar-refractivity contribution in [3.63, 3.8) is 0 Å². The van der Waals surface area contributed by atoms with Crippen molar-refractivity contribution in [1.82, 2.24) is 19.7 Å². The van der Waals surface area contributed by atoms with Crippen LogP contribution in [0.25, 0.3) is 10.9 Å². The van der Waals surface area contributed by atoms with Crippen LogP contribution in [0.2, 0.25) is 5.15 Å². The minimum absolute atomic E-state index is 0.0893. The molecule has 2 heterocycles. The molecule has 6 nitrogen and oxygen atoms in total. The maximum Gasteiger partial charge on any atom is 0.156 e. The van der Waals surface area contributed by atoms with Gasteiger partial charge in [0.05, 0.1) is 23.8 Å². The number of rotatable bonds is 5. The van der Waals surface area contributed by atoms with Gasteiger partial charge in [-0.15, -0.1) is 0 Å². The van der Waals surface area contributed by atoms with Gasteiger partial charge in [0.15, 0.2) is 6.29 Å². The van der Waals surface area contributed by atoms with Crippen LogP contribution in [-0.4, -0.2) is 26.0 Å². The van der Waals surface area contributed by atoms with Crippen molar-refractivity contribution in [2.45, 2.75) is 6.54 Å². The van der Waals surface area contributed by atoms with E-state index in [-0.39, 0.29) is 16.5 Å². The first kappa shape index (κ1) is 17.1. The molecule has 0 fully saturated rings. The van der Waals surface area contributed by atoms with E-state index in [9.17, 15) is 9.18 Å². The van der Waals surface area contributed by atoms with E-state index in [4.69, 9.17) is 11.6 Å². The number of aromatic nitrogens is 4. The number of fused-ring (bicyclic) bond motifs is 1. The molecule has 0 amide bonds. The van der Waals surface area contributed by atoms with Crippen molar-refractivity contribution < 1.29 is 9.18 Å². The van der Waals surface area contributed by atoms with Crippen LogP contribution in [-0.2, 0) is 6.54 Å². The number of halogens is 2. The van der Waals surface area contributed by atoms with Crippen LogP contribution in [0.4, 0.5) is 15.9 Å². The number of nitrogens with zero attached hydrogens (tertiary/aromatic N) is 4. The Bertz CT molecular complexity index is 1140. The predicted octanol–water partition coefficient (Wildman–Crippen LogP) is 4.22. The molecule has 0 bridgehead atoms. The Kier molecular flexibility index (Phi) is 4.52. The summed E-state index contributed by atoms with van der Waals surface area (Å²) in [5.41, 5.74) is 2.65. The summed E-state index contributed by atoms with van der Waals surface area (Å²) in [5, 5.41) is 8.43. The van der Waals surface area contributed by atoms with Gasteiger partial charge in [-0.3, -0.25) is 9.48 Å². The lowest BCUT2D eigenvalue weighted by Gasteiger charge is -2.09. The standard InChI is InChI=1S/C19H13ClFN5O/c20-18-16(10-27)19(23-11-22-18)25-15-4-5-17-13(7-15)8-24-26(17)9-12-2-1-3-14(21)6-12/h1-8,10-11H,9H2,(H,22,23,25).